The van der Waals surface area contributed by atoms with E-state index in [1.807, 2.05) is 18.2 Å². The van der Waals surface area contributed by atoms with Crippen LogP contribution in [0.5, 0.6) is 5.75 Å². The summed E-state index contributed by atoms with van der Waals surface area (Å²) in [5.41, 5.74) is 3.26. The predicted molar refractivity (Wildman–Crippen MR) is 76.5 cm³/mol. The minimum Gasteiger partial charge on any atom is -0.497 e. The number of methoxy groups -OCH3 is 1. The monoisotopic (exact) mass is 244 g/mol. The van der Waals surface area contributed by atoms with Gasteiger partial charge in [0.15, 0.2) is 0 Å². The van der Waals surface area contributed by atoms with Gasteiger partial charge in [-0.15, -0.1) is 0 Å². The zero-order valence-corrected chi connectivity index (χ0v) is 11.4. The average molecular weight is 244 g/mol. The van der Waals surface area contributed by atoms with Gasteiger partial charge in [-0.25, -0.2) is 0 Å². The van der Waals surface area contributed by atoms with E-state index in [0.717, 1.165) is 34.6 Å². The third-order valence-electron chi connectivity index (χ3n) is 2.99. The first-order valence-corrected chi connectivity index (χ1v) is 6.38. The summed E-state index contributed by atoms with van der Waals surface area (Å²) in [6.45, 7) is 7.32. The Labute approximate surface area is 108 Å². The minimum absolute atomic E-state index is 0.425. The van der Waals surface area contributed by atoms with Crippen LogP contribution in [-0.2, 0) is 0 Å². The van der Waals surface area contributed by atoms with Crippen LogP contribution in [0.2, 0.25) is 0 Å². The van der Waals surface area contributed by atoms with E-state index >= 15 is 0 Å². The van der Waals surface area contributed by atoms with Crippen molar-refractivity contribution < 1.29 is 4.74 Å². The van der Waals surface area contributed by atoms with Crippen molar-refractivity contribution in [1.82, 2.24) is 4.98 Å². The van der Waals surface area contributed by atoms with Crippen LogP contribution in [0.15, 0.2) is 24.3 Å². The van der Waals surface area contributed by atoms with Crippen LogP contribution in [0, 0.1) is 0 Å². The third kappa shape index (κ3) is 2.40. The van der Waals surface area contributed by atoms with Gasteiger partial charge in [-0.05, 0) is 37.1 Å². The zero-order chi connectivity index (χ0) is 13.1. The molecule has 2 rings (SSSR count). The Morgan fingerprint density at radius 1 is 1.28 bits per heavy atom. The van der Waals surface area contributed by atoms with E-state index in [4.69, 9.17) is 9.72 Å². The van der Waals surface area contributed by atoms with Crippen LogP contribution >= 0.6 is 0 Å². The van der Waals surface area contributed by atoms with Crippen molar-refractivity contribution in [3.63, 3.8) is 0 Å². The largest absolute Gasteiger partial charge is 0.497 e. The maximum absolute atomic E-state index is 5.28. The Balaban J connectivity index is 2.64. The Morgan fingerprint density at radius 3 is 2.67 bits per heavy atom. The number of aromatic nitrogens is 1. The van der Waals surface area contributed by atoms with Gasteiger partial charge in [0.25, 0.3) is 0 Å². The molecular formula is C15H20N2O. The molecule has 0 amide bonds. The van der Waals surface area contributed by atoms with E-state index in [2.05, 4.69) is 32.2 Å². The van der Waals surface area contributed by atoms with Crippen molar-refractivity contribution >= 4 is 16.6 Å². The molecule has 0 saturated carbocycles. The second-order valence-corrected chi connectivity index (χ2v) is 4.66. The Morgan fingerprint density at radius 2 is 2.06 bits per heavy atom. The number of rotatable bonds is 4. The summed E-state index contributed by atoms with van der Waals surface area (Å²) >= 11 is 0. The first-order valence-electron chi connectivity index (χ1n) is 6.38. The van der Waals surface area contributed by atoms with Crippen LogP contribution in [0.25, 0.3) is 10.9 Å². The molecule has 1 N–H and O–H groups in total. The summed E-state index contributed by atoms with van der Waals surface area (Å²) in [4.78, 5) is 4.70. The fraction of sp³-hybridized carbons (Fsp3) is 0.400. The van der Waals surface area contributed by atoms with Crippen LogP contribution in [0.3, 0.4) is 0 Å². The normalized spacial score (nSPS) is 10.9. The van der Waals surface area contributed by atoms with Crippen molar-refractivity contribution in [3.05, 3.63) is 30.0 Å². The Hall–Kier alpha value is -1.77. The number of hydrogen-bond donors (Lipinski definition) is 1. The summed E-state index contributed by atoms with van der Waals surface area (Å²) in [5.74, 6) is 1.29. The highest BCUT2D eigenvalue weighted by Crippen LogP contribution is 2.29. The van der Waals surface area contributed by atoms with Gasteiger partial charge in [0, 0.05) is 23.3 Å². The van der Waals surface area contributed by atoms with Gasteiger partial charge in [-0.3, -0.25) is 4.98 Å². The third-order valence-corrected chi connectivity index (χ3v) is 2.99. The lowest BCUT2D eigenvalue weighted by atomic mass is 10.1. The molecule has 0 atom stereocenters. The molecule has 0 aliphatic heterocycles. The average Bonchev–Trinajstić information content (AvgIpc) is 2.38. The van der Waals surface area contributed by atoms with E-state index in [0.29, 0.717) is 5.92 Å². The quantitative estimate of drug-likeness (QED) is 0.888. The molecule has 0 aliphatic carbocycles. The van der Waals surface area contributed by atoms with Gasteiger partial charge in [-0.2, -0.15) is 0 Å². The van der Waals surface area contributed by atoms with Crippen molar-refractivity contribution in [3.8, 4) is 5.75 Å². The summed E-state index contributed by atoms with van der Waals surface area (Å²) in [6, 6.07) is 8.14. The van der Waals surface area contributed by atoms with E-state index in [1.165, 1.54) is 0 Å². The summed E-state index contributed by atoms with van der Waals surface area (Å²) in [6.07, 6.45) is 0. The van der Waals surface area contributed by atoms with E-state index in [9.17, 15) is 0 Å². The number of fused-ring (bicyclic) bond motifs is 1. The van der Waals surface area contributed by atoms with E-state index < -0.39 is 0 Å². The molecule has 0 saturated heterocycles. The smallest absolute Gasteiger partial charge is 0.119 e. The molecule has 0 unspecified atom stereocenters. The number of nitrogens with zero attached hydrogens (tertiary/aromatic N) is 1. The number of nitrogens with one attached hydrogen (secondary N) is 1. The first kappa shape index (κ1) is 12.7. The maximum atomic E-state index is 5.28. The van der Waals surface area contributed by atoms with Gasteiger partial charge >= 0.3 is 0 Å². The first-order chi connectivity index (χ1) is 8.65. The highest BCUT2D eigenvalue weighted by molar-refractivity contribution is 5.92. The summed E-state index contributed by atoms with van der Waals surface area (Å²) in [7, 11) is 1.68. The van der Waals surface area contributed by atoms with Gasteiger partial charge in [0.05, 0.1) is 12.6 Å². The standard InChI is InChI=1S/C15H20N2O/c1-5-16-15-9-14(10(2)3)17-13-7-6-11(18-4)8-12(13)15/h6-10H,5H2,1-4H3,(H,16,17). The topological polar surface area (TPSA) is 34.2 Å². The summed E-state index contributed by atoms with van der Waals surface area (Å²) < 4.78 is 5.28. The molecule has 18 heavy (non-hydrogen) atoms. The molecular weight excluding hydrogens is 224 g/mol. The fourth-order valence-electron chi connectivity index (χ4n) is 1.98. The number of ether oxygens (including phenoxy) is 1. The van der Waals surface area contributed by atoms with Crippen molar-refractivity contribution in [2.45, 2.75) is 26.7 Å². The molecule has 1 aromatic heterocycles. The highest BCUT2D eigenvalue weighted by Gasteiger charge is 2.09. The van der Waals surface area contributed by atoms with Crippen LogP contribution in [-0.4, -0.2) is 18.6 Å². The minimum atomic E-state index is 0.425. The van der Waals surface area contributed by atoms with Crippen LogP contribution < -0.4 is 10.1 Å². The van der Waals surface area contributed by atoms with Crippen molar-refractivity contribution in [2.75, 3.05) is 19.0 Å². The zero-order valence-electron chi connectivity index (χ0n) is 11.4. The van der Waals surface area contributed by atoms with E-state index in [1.54, 1.807) is 7.11 Å². The lowest BCUT2D eigenvalue weighted by Gasteiger charge is -2.13. The predicted octanol–water partition coefficient (Wildman–Crippen LogP) is 3.80. The van der Waals surface area contributed by atoms with Crippen LogP contribution in [0.1, 0.15) is 32.4 Å². The number of hydrogen-bond acceptors (Lipinski definition) is 3. The molecule has 3 heteroatoms. The molecule has 1 aromatic carbocycles. The highest BCUT2D eigenvalue weighted by atomic mass is 16.5. The number of anilines is 1. The van der Waals surface area contributed by atoms with Gasteiger partial charge in [0.2, 0.25) is 0 Å². The second-order valence-electron chi connectivity index (χ2n) is 4.66. The van der Waals surface area contributed by atoms with Gasteiger partial charge < -0.3 is 10.1 Å². The Bertz CT molecular complexity index is 549. The molecule has 1 heterocycles. The van der Waals surface area contributed by atoms with Crippen LogP contribution in [0.4, 0.5) is 5.69 Å². The number of pyridine rings is 1. The lowest BCUT2D eigenvalue weighted by molar-refractivity contribution is 0.415. The summed E-state index contributed by atoms with van der Waals surface area (Å²) in [5, 5.41) is 4.51. The molecule has 3 nitrogen and oxygen atoms in total. The molecule has 2 aromatic rings. The fourth-order valence-corrected chi connectivity index (χ4v) is 1.98. The molecule has 0 aliphatic rings. The molecule has 0 bridgehead atoms. The molecule has 0 spiro atoms. The van der Waals surface area contributed by atoms with Crippen molar-refractivity contribution in [2.24, 2.45) is 0 Å². The molecule has 0 radical (unpaired) electrons. The SMILES string of the molecule is CCNc1cc(C(C)C)nc2ccc(OC)cc12. The van der Waals surface area contributed by atoms with Gasteiger partial charge in [0.1, 0.15) is 5.75 Å². The Kier molecular flexibility index (Phi) is 3.70. The van der Waals surface area contributed by atoms with E-state index in [-0.39, 0.29) is 0 Å². The van der Waals surface area contributed by atoms with Gasteiger partial charge in [-0.1, -0.05) is 13.8 Å². The number of benzene rings is 1. The maximum Gasteiger partial charge on any atom is 0.119 e. The molecule has 96 valence electrons. The van der Waals surface area contributed by atoms with Crippen molar-refractivity contribution in [1.29, 1.82) is 0 Å². The lowest BCUT2D eigenvalue weighted by Crippen LogP contribution is -2.01. The molecule has 0 fully saturated rings. The second kappa shape index (κ2) is 5.25.